The SMILES string of the molecule is O=C(OC1CC(c2cccc(Cl)c2)C1)C1CCc2ncncc2C1. The molecule has 0 bridgehead atoms. The Morgan fingerprint density at radius 2 is 2.17 bits per heavy atom. The first-order chi connectivity index (χ1) is 11.7. The Bertz CT molecular complexity index is 759. The lowest BCUT2D eigenvalue weighted by atomic mass is 9.77. The highest BCUT2D eigenvalue weighted by molar-refractivity contribution is 6.30. The molecular weight excluding hydrogens is 324 g/mol. The molecule has 1 atom stereocenters. The van der Waals surface area contributed by atoms with Crippen LogP contribution >= 0.6 is 11.6 Å². The number of rotatable bonds is 3. The van der Waals surface area contributed by atoms with Crippen LogP contribution in [0.25, 0.3) is 0 Å². The molecule has 2 aromatic rings. The summed E-state index contributed by atoms with van der Waals surface area (Å²) in [5.41, 5.74) is 3.38. The Morgan fingerprint density at radius 3 is 3.00 bits per heavy atom. The molecule has 0 spiro atoms. The van der Waals surface area contributed by atoms with Crippen molar-refractivity contribution in [2.24, 2.45) is 5.92 Å². The van der Waals surface area contributed by atoms with Gasteiger partial charge in [0.15, 0.2) is 0 Å². The topological polar surface area (TPSA) is 52.1 Å². The second-order valence-corrected chi connectivity index (χ2v) is 7.15. The number of carbonyl (C=O) groups excluding carboxylic acids is 1. The summed E-state index contributed by atoms with van der Waals surface area (Å²) >= 11 is 6.04. The van der Waals surface area contributed by atoms with Gasteiger partial charge >= 0.3 is 5.97 Å². The van der Waals surface area contributed by atoms with E-state index >= 15 is 0 Å². The quantitative estimate of drug-likeness (QED) is 0.798. The van der Waals surface area contributed by atoms with Crippen LogP contribution in [0.4, 0.5) is 0 Å². The minimum atomic E-state index is -0.0703. The van der Waals surface area contributed by atoms with Gasteiger partial charge in [-0.15, -0.1) is 0 Å². The molecule has 1 aromatic carbocycles. The fourth-order valence-electron chi connectivity index (χ4n) is 3.61. The molecule has 1 unspecified atom stereocenters. The predicted molar refractivity (Wildman–Crippen MR) is 90.9 cm³/mol. The normalized spacial score (nSPS) is 25.5. The number of hydrogen-bond acceptors (Lipinski definition) is 4. The largest absolute Gasteiger partial charge is 0.462 e. The van der Waals surface area contributed by atoms with Gasteiger partial charge in [-0.05, 0) is 61.3 Å². The van der Waals surface area contributed by atoms with Gasteiger partial charge in [-0.3, -0.25) is 4.79 Å². The van der Waals surface area contributed by atoms with Crippen LogP contribution in [0.3, 0.4) is 0 Å². The van der Waals surface area contributed by atoms with E-state index in [-0.39, 0.29) is 18.0 Å². The molecule has 1 saturated carbocycles. The Hall–Kier alpha value is -1.94. The van der Waals surface area contributed by atoms with E-state index in [1.807, 2.05) is 24.4 Å². The lowest BCUT2D eigenvalue weighted by molar-refractivity contribution is -0.159. The molecule has 2 aliphatic rings. The van der Waals surface area contributed by atoms with Crippen LogP contribution in [-0.2, 0) is 22.4 Å². The van der Waals surface area contributed by atoms with Crippen LogP contribution in [0.2, 0.25) is 5.02 Å². The van der Waals surface area contributed by atoms with Crippen LogP contribution in [0.15, 0.2) is 36.8 Å². The predicted octanol–water partition coefficient (Wildman–Crippen LogP) is 3.72. The summed E-state index contributed by atoms with van der Waals surface area (Å²) in [5.74, 6) is 0.315. The smallest absolute Gasteiger partial charge is 0.309 e. The van der Waals surface area contributed by atoms with Crippen LogP contribution in [0.5, 0.6) is 0 Å². The molecule has 1 heterocycles. The van der Waals surface area contributed by atoms with Crippen LogP contribution in [0.1, 0.15) is 42.0 Å². The maximum atomic E-state index is 12.4. The molecule has 0 N–H and O–H groups in total. The third-order valence-electron chi connectivity index (χ3n) is 5.11. The van der Waals surface area contributed by atoms with Crippen LogP contribution < -0.4 is 0 Å². The monoisotopic (exact) mass is 342 g/mol. The Balaban J connectivity index is 1.31. The summed E-state index contributed by atoms with van der Waals surface area (Å²) in [4.78, 5) is 20.8. The number of esters is 1. The van der Waals surface area contributed by atoms with E-state index in [9.17, 15) is 4.79 Å². The standard InChI is InChI=1S/C19H19ClN2O2/c20-16-3-1-2-12(7-16)14-8-17(9-14)24-19(23)13-4-5-18-15(6-13)10-21-11-22-18/h1-3,7,10-11,13-14,17H,4-6,8-9H2. The molecular formula is C19H19ClN2O2. The first kappa shape index (κ1) is 15.6. The third-order valence-corrected chi connectivity index (χ3v) is 5.34. The summed E-state index contributed by atoms with van der Waals surface area (Å²) in [6.45, 7) is 0. The van der Waals surface area contributed by atoms with Gasteiger partial charge in [-0.2, -0.15) is 0 Å². The van der Waals surface area contributed by atoms with E-state index in [1.165, 1.54) is 5.56 Å². The second-order valence-electron chi connectivity index (χ2n) is 6.72. The van der Waals surface area contributed by atoms with Crippen molar-refractivity contribution in [3.8, 4) is 0 Å². The number of carbonyl (C=O) groups is 1. The van der Waals surface area contributed by atoms with E-state index < -0.39 is 0 Å². The molecule has 4 rings (SSSR count). The number of aryl methyl sites for hydroxylation is 1. The molecule has 0 amide bonds. The first-order valence-electron chi connectivity index (χ1n) is 8.43. The Kier molecular flexibility index (Phi) is 4.23. The number of ether oxygens (including phenoxy) is 1. The van der Waals surface area contributed by atoms with Gasteiger partial charge in [0, 0.05) is 16.9 Å². The van der Waals surface area contributed by atoms with Gasteiger partial charge in [-0.25, -0.2) is 9.97 Å². The summed E-state index contributed by atoms with van der Waals surface area (Å²) in [6.07, 6.45) is 7.54. The van der Waals surface area contributed by atoms with Crippen molar-refractivity contribution in [2.75, 3.05) is 0 Å². The summed E-state index contributed by atoms with van der Waals surface area (Å²) in [7, 11) is 0. The highest BCUT2D eigenvalue weighted by atomic mass is 35.5. The van der Waals surface area contributed by atoms with Crippen molar-refractivity contribution in [1.29, 1.82) is 0 Å². The maximum Gasteiger partial charge on any atom is 0.309 e. The van der Waals surface area contributed by atoms with E-state index in [2.05, 4.69) is 16.0 Å². The van der Waals surface area contributed by atoms with Gasteiger partial charge < -0.3 is 4.74 Å². The summed E-state index contributed by atoms with van der Waals surface area (Å²) in [6, 6.07) is 7.94. The molecule has 24 heavy (non-hydrogen) atoms. The van der Waals surface area contributed by atoms with Gasteiger partial charge in [0.1, 0.15) is 12.4 Å². The fraction of sp³-hybridized carbons (Fsp3) is 0.421. The number of fused-ring (bicyclic) bond motifs is 1. The average molecular weight is 343 g/mol. The zero-order valence-electron chi connectivity index (χ0n) is 13.3. The molecule has 1 fully saturated rings. The summed E-state index contributed by atoms with van der Waals surface area (Å²) in [5, 5.41) is 0.760. The van der Waals surface area contributed by atoms with Gasteiger partial charge in [0.2, 0.25) is 0 Å². The number of nitrogens with zero attached hydrogens (tertiary/aromatic N) is 2. The molecule has 0 saturated heterocycles. The molecule has 0 radical (unpaired) electrons. The molecule has 4 nitrogen and oxygen atoms in total. The Morgan fingerprint density at radius 1 is 1.29 bits per heavy atom. The fourth-order valence-corrected chi connectivity index (χ4v) is 3.81. The lowest BCUT2D eigenvalue weighted by Gasteiger charge is -2.36. The van der Waals surface area contributed by atoms with Crippen molar-refractivity contribution in [3.05, 3.63) is 58.6 Å². The molecule has 2 aliphatic carbocycles. The summed E-state index contributed by atoms with van der Waals surface area (Å²) < 4.78 is 5.71. The van der Waals surface area contributed by atoms with Gasteiger partial charge in [0.05, 0.1) is 5.92 Å². The Labute approximate surface area is 146 Å². The van der Waals surface area contributed by atoms with Crippen molar-refractivity contribution in [3.63, 3.8) is 0 Å². The minimum absolute atomic E-state index is 0.0369. The zero-order valence-corrected chi connectivity index (χ0v) is 14.1. The zero-order chi connectivity index (χ0) is 16.5. The average Bonchev–Trinajstić information content (AvgIpc) is 2.57. The van der Waals surface area contributed by atoms with Crippen LogP contribution in [-0.4, -0.2) is 22.0 Å². The molecule has 0 aliphatic heterocycles. The second kappa shape index (κ2) is 6.52. The number of benzene rings is 1. The van der Waals surface area contributed by atoms with E-state index in [1.54, 1.807) is 6.33 Å². The van der Waals surface area contributed by atoms with E-state index in [0.29, 0.717) is 12.3 Å². The van der Waals surface area contributed by atoms with Gasteiger partial charge in [-0.1, -0.05) is 23.7 Å². The van der Waals surface area contributed by atoms with Crippen molar-refractivity contribution >= 4 is 17.6 Å². The van der Waals surface area contributed by atoms with Crippen LogP contribution in [0, 0.1) is 5.92 Å². The maximum absolute atomic E-state index is 12.4. The highest BCUT2D eigenvalue weighted by Crippen LogP contribution is 2.40. The lowest BCUT2D eigenvalue weighted by Crippen LogP contribution is -2.35. The van der Waals surface area contributed by atoms with Crippen molar-refractivity contribution in [2.45, 2.75) is 44.1 Å². The molecule has 124 valence electrons. The minimum Gasteiger partial charge on any atom is -0.462 e. The van der Waals surface area contributed by atoms with E-state index in [4.69, 9.17) is 16.3 Å². The number of hydrogen-bond donors (Lipinski definition) is 0. The van der Waals surface area contributed by atoms with E-state index in [0.717, 1.165) is 42.0 Å². The third kappa shape index (κ3) is 3.16. The van der Waals surface area contributed by atoms with Crippen molar-refractivity contribution < 1.29 is 9.53 Å². The number of aromatic nitrogens is 2. The van der Waals surface area contributed by atoms with Gasteiger partial charge in [0.25, 0.3) is 0 Å². The number of halogens is 1. The molecule has 1 aromatic heterocycles. The first-order valence-corrected chi connectivity index (χ1v) is 8.80. The molecule has 5 heteroatoms. The van der Waals surface area contributed by atoms with Crippen molar-refractivity contribution in [1.82, 2.24) is 9.97 Å². The highest BCUT2D eigenvalue weighted by Gasteiger charge is 2.35.